The number of carboxylic acid groups (broad SMARTS) is 1. The normalized spacial score (nSPS) is 12.5. The molecule has 0 amide bonds. The van der Waals surface area contributed by atoms with Gasteiger partial charge in [-0.2, -0.15) is 0 Å². The van der Waals surface area contributed by atoms with Crippen molar-refractivity contribution in [3.63, 3.8) is 0 Å². The first-order valence-corrected chi connectivity index (χ1v) is 11.6. The van der Waals surface area contributed by atoms with Gasteiger partial charge in [0.2, 0.25) is 11.6 Å². The number of aliphatic hydroxyl groups is 1. The van der Waals surface area contributed by atoms with E-state index < -0.39 is 11.6 Å². The van der Waals surface area contributed by atoms with Crippen molar-refractivity contribution in [1.82, 2.24) is 9.55 Å². The third kappa shape index (κ3) is 5.37. The molecule has 7 heteroatoms. The lowest BCUT2D eigenvalue weighted by Gasteiger charge is -2.22. The van der Waals surface area contributed by atoms with Gasteiger partial charge in [0.1, 0.15) is 5.76 Å². The number of aromatic nitrogens is 2. The van der Waals surface area contributed by atoms with E-state index in [1.165, 1.54) is 12.1 Å². The first-order valence-electron chi connectivity index (χ1n) is 11.6. The van der Waals surface area contributed by atoms with Gasteiger partial charge < -0.3 is 19.2 Å². The monoisotopic (exact) mass is 486 g/mol. The van der Waals surface area contributed by atoms with Gasteiger partial charge in [-0.1, -0.05) is 66.7 Å². The number of aliphatic carboxylic acids is 1. The highest BCUT2D eigenvalue weighted by Gasteiger charge is 2.41. The number of rotatable bonds is 7. The average molecular weight is 487 g/mol. The van der Waals surface area contributed by atoms with Gasteiger partial charge in [0.25, 0.3) is 0 Å². The van der Waals surface area contributed by atoms with Crippen molar-refractivity contribution in [2.75, 3.05) is 6.61 Å². The largest absolute Gasteiger partial charge is 0.479 e. The van der Waals surface area contributed by atoms with E-state index in [0.29, 0.717) is 12.3 Å². The van der Waals surface area contributed by atoms with Crippen molar-refractivity contribution < 1.29 is 23.8 Å². The van der Waals surface area contributed by atoms with Crippen LogP contribution in [0.2, 0.25) is 0 Å². The number of carboxylic acids is 1. The van der Waals surface area contributed by atoms with Gasteiger partial charge in [0.05, 0.1) is 12.2 Å². The Kier molecular flexibility index (Phi) is 7.61. The second kappa shape index (κ2) is 11.0. The lowest BCUT2D eigenvalue weighted by molar-refractivity contribution is -0.152. The fraction of sp³-hybridized carbons (Fsp3) is 0.172. The van der Waals surface area contributed by atoms with Gasteiger partial charge in [-0.3, -0.25) is 0 Å². The second-order valence-corrected chi connectivity index (χ2v) is 8.34. The van der Waals surface area contributed by atoms with Crippen molar-refractivity contribution in [2.45, 2.75) is 25.6 Å². The summed E-state index contributed by atoms with van der Waals surface area (Å²) in [4.78, 5) is 15.8. The SMILES string of the molecule is Cc1oc(-c2ccccc2)nc1CCO.O=C(O)C(F)(Cn1ccc2ccccc21)c1ccccc1. The molecule has 36 heavy (non-hydrogen) atoms. The molecule has 184 valence electrons. The lowest BCUT2D eigenvalue weighted by Crippen LogP contribution is -2.35. The number of hydrogen-bond acceptors (Lipinski definition) is 4. The van der Waals surface area contributed by atoms with Crippen LogP contribution in [0, 0.1) is 6.92 Å². The number of alkyl halides is 1. The Bertz CT molecular complexity index is 1430. The Hall–Kier alpha value is -4.23. The predicted molar refractivity (Wildman–Crippen MR) is 136 cm³/mol. The molecule has 2 heterocycles. The zero-order valence-electron chi connectivity index (χ0n) is 19.8. The maximum Gasteiger partial charge on any atom is 0.348 e. The highest BCUT2D eigenvalue weighted by Crippen LogP contribution is 2.30. The van der Waals surface area contributed by atoms with Gasteiger partial charge in [0.15, 0.2) is 0 Å². The standard InChI is InChI=1S/C17H14FNO2.C12H13NO2/c18-17(16(20)21,14-7-2-1-3-8-14)12-19-11-10-13-6-4-5-9-15(13)19;1-9-11(7-8-14)13-12(15-9)10-5-3-2-4-6-10/h1-11H,12H2,(H,20,21);2-6,14H,7-8H2,1H3. The molecule has 0 saturated heterocycles. The van der Waals surface area contributed by atoms with Crippen LogP contribution in [0.5, 0.6) is 0 Å². The Morgan fingerprint density at radius 3 is 2.28 bits per heavy atom. The van der Waals surface area contributed by atoms with Crippen LogP contribution in [0.25, 0.3) is 22.4 Å². The quantitative estimate of drug-likeness (QED) is 0.305. The maximum atomic E-state index is 15.1. The number of para-hydroxylation sites is 1. The molecule has 0 aliphatic rings. The van der Waals surface area contributed by atoms with Crippen LogP contribution in [0.4, 0.5) is 4.39 Å². The minimum atomic E-state index is -2.46. The first kappa shape index (κ1) is 24.9. The summed E-state index contributed by atoms with van der Waals surface area (Å²) in [5.74, 6) is -0.0778. The van der Waals surface area contributed by atoms with Crippen LogP contribution in [-0.4, -0.2) is 32.3 Å². The van der Waals surface area contributed by atoms with Crippen molar-refractivity contribution >= 4 is 16.9 Å². The van der Waals surface area contributed by atoms with Crippen molar-refractivity contribution in [2.24, 2.45) is 0 Å². The molecule has 0 aliphatic heterocycles. The van der Waals surface area contributed by atoms with E-state index in [1.807, 2.05) is 67.6 Å². The average Bonchev–Trinajstić information content (AvgIpc) is 3.49. The molecule has 2 aromatic heterocycles. The fourth-order valence-electron chi connectivity index (χ4n) is 3.97. The number of hydrogen-bond donors (Lipinski definition) is 2. The lowest BCUT2D eigenvalue weighted by atomic mass is 9.95. The van der Waals surface area contributed by atoms with Gasteiger partial charge in [-0.05, 0) is 36.6 Å². The van der Waals surface area contributed by atoms with Gasteiger partial charge in [0, 0.05) is 35.9 Å². The molecule has 0 fully saturated rings. The molecule has 5 aromatic rings. The van der Waals surface area contributed by atoms with E-state index in [9.17, 15) is 9.90 Å². The summed E-state index contributed by atoms with van der Waals surface area (Å²) in [6, 6.07) is 27.1. The zero-order chi connectivity index (χ0) is 25.5. The highest BCUT2D eigenvalue weighted by molar-refractivity contribution is 5.82. The molecule has 0 bridgehead atoms. The molecule has 1 atom stereocenters. The number of nitrogens with zero attached hydrogens (tertiary/aromatic N) is 2. The van der Waals surface area contributed by atoms with Gasteiger partial charge in [-0.25, -0.2) is 14.2 Å². The minimum Gasteiger partial charge on any atom is -0.479 e. The van der Waals surface area contributed by atoms with E-state index in [-0.39, 0.29) is 18.7 Å². The maximum absolute atomic E-state index is 15.1. The zero-order valence-corrected chi connectivity index (χ0v) is 19.8. The van der Waals surface area contributed by atoms with Gasteiger partial charge in [-0.15, -0.1) is 0 Å². The number of oxazole rings is 1. The van der Waals surface area contributed by atoms with E-state index in [4.69, 9.17) is 9.52 Å². The van der Waals surface area contributed by atoms with E-state index in [1.54, 1.807) is 29.0 Å². The molecular formula is C29H27FN2O4. The third-order valence-corrected chi connectivity index (χ3v) is 5.90. The summed E-state index contributed by atoms with van der Waals surface area (Å²) in [7, 11) is 0. The number of halogens is 1. The summed E-state index contributed by atoms with van der Waals surface area (Å²) in [6.45, 7) is 1.70. The number of aliphatic hydroxyl groups excluding tert-OH is 1. The molecule has 1 unspecified atom stereocenters. The molecule has 0 spiro atoms. The third-order valence-electron chi connectivity index (χ3n) is 5.90. The van der Waals surface area contributed by atoms with Crippen LogP contribution in [0.3, 0.4) is 0 Å². The molecular weight excluding hydrogens is 459 g/mol. The molecule has 0 aliphatic carbocycles. The van der Waals surface area contributed by atoms with Crippen molar-refractivity contribution in [3.05, 3.63) is 114 Å². The van der Waals surface area contributed by atoms with E-state index >= 15 is 4.39 Å². The van der Waals surface area contributed by atoms with Crippen molar-refractivity contribution in [1.29, 1.82) is 0 Å². The summed E-state index contributed by atoms with van der Waals surface area (Å²) < 4.78 is 22.3. The number of aryl methyl sites for hydroxylation is 1. The molecule has 3 aromatic carbocycles. The number of fused-ring (bicyclic) bond motifs is 1. The van der Waals surface area contributed by atoms with Crippen LogP contribution < -0.4 is 0 Å². The molecule has 5 rings (SSSR count). The summed E-state index contributed by atoms with van der Waals surface area (Å²) in [6.07, 6.45) is 2.26. The Balaban J connectivity index is 0.000000179. The molecule has 6 nitrogen and oxygen atoms in total. The predicted octanol–water partition coefficient (Wildman–Crippen LogP) is 5.78. The van der Waals surface area contributed by atoms with E-state index in [0.717, 1.165) is 27.9 Å². The summed E-state index contributed by atoms with van der Waals surface area (Å²) >= 11 is 0. The fourth-order valence-corrected chi connectivity index (χ4v) is 3.97. The first-order chi connectivity index (χ1) is 17.4. The molecule has 0 radical (unpaired) electrons. The van der Waals surface area contributed by atoms with Gasteiger partial charge >= 0.3 is 5.97 Å². The highest BCUT2D eigenvalue weighted by atomic mass is 19.1. The van der Waals surface area contributed by atoms with E-state index in [2.05, 4.69) is 4.98 Å². The Labute approximate surface area is 208 Å². The summed E-state index contributed by atoms with van der Waals surface area (Å²) in [5.41, 5.74) is 0.302. The van der Waals surface area contributed by atoms with Crippen LogP contribution >= 0.6 is 0 Å². The number of benzene rings is 3. The van der Waals surface area contributed by atoms with Crippen LogP contribution in [0.1, 0.15) is 17.0 Å². The Morgan fingerprint density at radius 1 is 0.972 bits per heavy atom. The summed E-state index contributed by atoms with van der Waals surface area (Å²) in [5, 5.41) is 19.2. The molecule has 2 N–H and O–H groups in total. The molecule has 0 saturated carbocycles. The number of carbonyl (C=O) groups is 1. The smallest absolute Gasteiger partial charge is 0.348 e. The minimum absolute atomic E-state index is 0.0988. The van der Waals surface area contributed by atoms with Crippen molar-refractivity contribution in [3.8, 4) is 11.5 Å². The van der Waals surface area contributed by atoms with Crippen LogP contribution in [-0.2, 0) is 23.4 Å². The van der Waals surface area contributed by atoms with Crippen LogP contribution in [0.15, 0.2) is 102 Å². The Morgan fingerprint density at radius 2 is 1.61 bits per heavy atom. The second-order valence-electron chi connectivity index (χ2n) is 8.34. The topological polar surface area (TPSA) is 88.5 Å².